The molecule has 0 bridgehead atoms. The standard InChI is InChI=1S/C14H26N2O2/c1-10(15)14(7-8-14)11-6-5-9-16(11)12(17)18-13(2,3)4/h10-11H,5-9,15H2,1-4H3. The average molecular weight is 254 g/mol. The molecule has 104 valence electrons. The van der Waals surface area contributed by atoms with Gasteiger partial charge in [-0.3, -0.25) is 0 Å². The van der Waals surface area contributed by atoms with Crippen LogP contribution >= 0.6 is 0 Å². The lowest BCUT2D eigenvalue weighted by molar-refractivity contribution is 0.0147. The van der Waals surface area contributed by atoms with E-state index in [1.54, 1.807) is 0 Å². The summed E-state index contributed by atoms with van der Waals surface area (Å²) in [6.45, 7) is 8.62. The van der Waals surface area contributed by atoms with Crippen LogP contribution in [0.1, 0.15) is 53.4 Å². The molecule has 1 saturated heterocycles. The molecule has 0 spiro atoms. The second-order valence-electron chi connectivity index (χ2n) is 6.85. The topological polar surface area (TPSA) is 55.6 Å². The van der Waals surface area contributed by atoms with Gasteiger partial charge in [-0.15, -0.1) is 0 Å². The first kappa shape index (κ1) is 13.7. The SMILES string of the molecule is CC(N)C1(C2CCCN2C(=O)OC(C)(C)C)CC1. The summed E-state index contributed by atoms with van der Waals surface area (Å²) in [6.07, 6.45) is 4.26. The highest BCUT2D eigenvalue weighted by Crippen LogP contribution is 2.55. The zero-order valence-electron chi connectivity index (χ0n) is 12.0. The Kier molecular flexibility index (Phi) is 3.34. The number of amides is 1. The Bertz CT molecular complexity index is 329. The minimum atomic E-state index is -0.421. The summed E-state index contributed by atoms with van der Waals surface area (Å²) in [4.78, 5) is 14.1. The Morgan fingerprint density at radius 2 is 2.06 bits per heavy atom. The van der Waals surface area contributed by atoms with Crippen molar-refractivity contribution in [2.45, 2.75) is 71.1 Å². The first-order valence-electron chi connectivity index (χ1n) is 7.01. The molecule has 1 amide bonds. The number of ether oxygens (including phenoxy) is 1. The number of nitrogens with two attached hydrogens (primary N) is 1. The minimum Gasteiger partial charge on any atom is -0.444 e. The molecule has 4 nitrogen and oxygen atoms in total. The van der Waals surface area contributed by atoms with Gasteiger partial charge in [0.25, 0.3) is 0 Å². The molecule has 2 rings (SSSR count). The number of rotatable bonds is 2. The zero-order valence-corrected chi connectivity index (χ0v) is 12.0. The van der Waals surface area contributed by atoms with Crippen LogP contribution in [0.4, 0.5) is 4.79 Å². The quantitative estimate of drug-likeness (QED) is 0.823. The molecule has 18 heavy (non-hydrogen) atoms. The molecule has 2 atom stereocenters. The van der Waals surface area contributed by atoms with Crippen molar-refractivity contribution in [2.24, 2.45) is 11.1 Å². The van der Waals surface area contributed by atoms with Crippen molar-refractivity contribution in [1.29, 1.82) is 0 Å². The van der Waals surface area contributed by atoms with Crippen molar-refractivity contribution in [1.82, 2.24) is 4.90 Å². The minimum absolute atomic E-state index is 0.158. The highest BCUT2D eigenvalue weighted by Gasteiger charge is 2.56. The molecular formula is C14H26N2O2. The number of likely N-dealkylation sites (tertiary alicyclic amines) is 1. The van der Waals surface area contributed by atoms with Gasteiger partial charge in [-0.2, -0.15) is 0 Å². The average Bonchev–Trinajstić information content (AvgIpc) is 2.87. The van der Waals surface area contributed by atoms with E-state index in [0.29, 0.717) is 0 Å². The van der Waals surface area contributed by atoms with E-state index in [4.69, 9.17) is 10.5 Å². The number of hydrogen-bond donors (Lipinski definition) is 1. The summed E-state index contributed by atoms with van der Waals surface area (Å²) < 4.78 is 5.50. The van der Waals surface area contributed by atoms with Crippen molar-refractivity contribution in [2.75, 3.05) is 6.54 Å². The number of carbonyl (C=O) groups excluding carboxylic acids is 1. The van der Waals surface area contributed by atoms with Crippen LogP contribution in [0.2, 0.25) is 0 Å². The molecular weight excluding hydrogens is 228 g/mol. The number of nitrogens with zero attached hydrogens (tertiary/aromatic N) is 1. The van der Waals surface area contributed by atoms with E-state index < -0.39 is 5.60 Å². The number of hydrogen-bond acceptors (Lipinski definition) is 3. The van der Waals surface area contributed by atoms with E-state index >= 15 is 0 Å². The van der Waals surface area contributed by atoms with Gasteiger partial charge in [0.1, 0.15) is 5.60 Å². The van der Waals surface area contributed by atoms with Crippen LogP contribution < -0.4 is 5.73 Å². The van der Waals surface area contributed by atoms with E-state index in [1.807, 2.05) is 25.7 Å². The summed E-state index contributed by atoms with van der Waals surface area (Å²) in [5.74, 6) is 0. The number of carbonyl (C=O) groups is 1. The second-order valence-corrected chi connectivity index (χ2v) is 6.85. The van der Waals surface area contributed by atoms with Crippen molar-refractivity contribution in [3.8, 4) is 0 Å². The molecule has 2 fully saturated rings. The van der Waals surface area contributed by atoms with Crippen LogP contribution in [-0.2, 0) is 4.74 Å². The zero-order chi connectivity index (χ0) is 13.6. The third kappa shape index (κ3) is 2.48. The lowest BCUT2D eigenvalue weighted by Gasteiger charge is -2.35. The molecule has 4 heteroatoms. The first-order chi connectivity index (χ1) is 8.26. The van der Waals surface area contributed by atoms with E-state index in [0.717, 1.165) is 32.2 Å². The fourth-order valence-electron chi connectivity index (χ4n) is 3.14. The smallest absolute Gasteiger partial charge is 0.410 e. The van der Waals surface area contributed by atoms with Gasteiger partial charge in [0.2, 0.25) is 0 Å². The molecule has 0 aromatic rings. The molecule has 0 radical (unpaired) electrons. The summed E-state index contributed by atoms with van der Waals surface area (Å²) in [7, 11) is 0. The Morgan fingerprint density at radius 1 is 1.44 bits per heavy atom. The van der Waals surface area contributed by atoms with Crippen molar-refractivity contribution in [3.05, 3.63) is 0 Å². The van der Waals surface area contributed by atoms with Gasteiger partial charge in [0.15, 0.2) is 0 Å². The van der Waals surface area contributed by atoms with Gasteiger partial charge in [0.05, 0.1) is 0 Å². The fourth-order valence-corrected chi connectivity index (χ4v) is 3.14. The molecule has 1 aliphatic heterocycles. The molecule has 2 aliphatic rings. The van der Waals surface area contributed by atoms with Crippen molar-refractivity contribution < 1.29 is 9.53 Å². The van der Waals surface area contributed by atoms with Crippen LogP contribution in [0.15, 0.2) is 0 Å². The Morgan fingerprint density at radius 3 is 2.50 bits per heavy atom. The largest absolute Gasteiger partial charge is 0.444 e. The second kappa shape index (κ2) is 4.41. The Hall–Kier alpha value is -0.770. The van der Waals surface area contributed by atoms with Gasteiger partial charge >= 0.3 is 6.09 Å². The molecule has 1 aliphatic carbocycles. The van der Waals surface area contributed by atoms with Crippen LogP contribution in [0.25, 0.3) is 0 Å². The first-order valence-corrected chi connectivity index (χ1v) is 7.01. The van der Waals surface area contributed by atoms with Crippen LogP contribution in [0.5, 0.6) is 0 Å². The van der Waals surface area contributed by atoms with Gasteiger partial charge in [-0.05, 0) is 53.4 Å². The summed E-state index contributed by atoms with van der Waals surface area (Å²) in [5.41, 5.74) is 5.86. The lowest BCUT2D eigenvalue weighted by atomic mass is 9.88. The highest BCUT2D eigenvalue weighted by atomic mass is 16.6. The molecule has 1 saturated carbocycles. The van der Waals surface area contributed by atoms with E-state index in [9.17, 15) is 4.79 Å². The monoisotopic (exact) mass is 254 g/mol. The molecule has 0 aromatic carbocycles. The molecule has 2 N–H and O–H groups in total. The van der Waals surface area contributed by atoms with Gasteiger partial charge < -0.3 is 15.4 Å². The molecule has 2 unspecified atom stereocenters. The van der Waals surface area contributed by atoms with Crippen molar-refractivity contribution in [3.63, 3.8) is 0 Å². The summed E-state index contributed by atoms with van der Waals surface area (Å²) in [6, 6.07) is 0.442. The van der Waals surface area contributed by atoms with Crippen LogP contribution in [0.3, 0.4) is 0 Å². The maximum absolute atomic E-state index is 12.2. The summed E-state index contributed by atoms with van der Waals surface area (Å²) >= 11 is 0. The van der Waals surface area contributed by atoms with Gasteiger partial charge in [0, 0.05) is 24.0 Å². The highest BCUT2D eigenvalue weighted by molar-refractivity contribution is 5.69. The van der Waals surface area contributed by atoms with E-state index in [2.05, 4.69) is 6.92 Å². The maximum atomic E-state index is 12.2. The summed E-state index contributed by atoms with van der Waals surface area (Å²) in [5, 5.41) is 0. The predicted octanol–water partition coefficient (Wildman–Crippen LogP) is 2.51. The van der Waals surface area contributed by atoms with E-state index in [-0.39, 0.29) is 23.6 Å². The Labute approximate surface area is 110 Å². The third-order valence-electron chi connectivity index (χ3n) is 4.28. The van der Waals surface area contributed by atoms with E-state index in [1.165, 1.54) is 0 Å². The van der Waals surface area contributed by atoms with Gasteiger partial charge in [-0.1, -0.05) is 0 Å². The Balaban J connectivity index is 2.07. The van der Waals surface area contributed by atoms with Crippen molar-refractivity contribution >= 4 is 6.09 Å². The van der Waals surface area contributed by atoms with Crippen LogP contribution in [0, 0.1) is 5.41 Å². The fraction of sp³-hybridized carbons (Fsp3) is 0.929. The predicted molar refractivity (Wildman–Crippen MR) is 71.3 cm³/mol. The normalized spacial score (nSPS) is 28.1. The van der Waals surface area contributed by atoms with Crippen LogP contribution in [-0.4, -0.2) is 35.2 Å². The third-order valence-corrected chi connectivity index (χ3v) is 4.28. The molecule has 0 aromatic heterocycles. The maximum Gasteiger partial charge on any atom is 0.410 e. The lowest BCUT2D eigenvalue weighted by Crippen LogP contribution is -2.48. The molecule has 1 heterocycles. The van der Waals surface area contributed by atoms with Gasteiger partial charge in [-0.25, -0.2) is 4.79 Å².